The van der Waals surface area contributed by atoms with Gasteiger partial charge in [0.1, 0.15) is 11.6 Å². The Labute approximate surface area is 146 Å². The summed E-state index contributed by atoms with van der Waals surface area (Å²) in [5.41, 5.74) is 2.17. The van der Waals surface area contributed by atoms with Gasteiger partial charge in [-0.15, -0.1) is 0 Å². The Kier molecular flexibility index (Phi) is 5.26. The molecular formula is C20H19N3O2. The van der Waals surface area contributed by atoms with Crippen molar-refractivity contribution in [3.8, 4) is 5.75 Å². The lowest BCUT2D eigenvalue weighted by Crippen LogP contribution is -2.11. The molecule has 1 amide bonds. The van der Waals surface area contributed by atoms with Gasteiger partial charge in [-0.3, -0.25) is 4.79 Å². The highest BCUT2D eigenvalue weighted by Gasteiger charge is 2.05. The smallest absolute Gasteiger partial charge is 0.255 e. The van der Waals surface area contributed by atoms with E-state index in [9.17, 15) is 4.79 Å². The standard InChI is InChI=1S/C20H19N3O2/c1-2-25-18-11-8-16(9-12-18)22-19-13-10-17(14-21-19)23-20(24)15-6-4-3-5-7-15/h3-14H,2H2,1H3,(H,21,22)(H,23,24). The molecule has 0 unspecified atom stereocenters. The van der Waals surface area contributed by atoms with Gasteiger partial charge < -0.3 is 15.4 Å². The zero-order valence-electron chi connectivity index (χ0n) is 13.9. The van der Waals surface area contributed by atoms with Crippen molar-refractivity contribution in [2.75, 3.05) is 17.2 Å². The van der Waals surface area contributed by atoms with E-state index in [1.807, 2.05) is 61.5 Å². The van der Waals surface area contributed by atoms with Crippen LogP contribution < -0.4 is 15.4 Å². The van der Waals surface area contributed by atoms with Crippen LogP contribution >= 0.6 is 0 Å². The monoisotopic (exact) mass is 333 g/mol. The van der Waals surface area contributed by atoms with Crippen LogP contribution in [0.5, 0.6) is 5.75 Å². The highest BCUT2D eigenvalue weighted by molar-refractivity contribution is 6.04. The molecule has 126 valence electrons. The molecule has 1 heterocycles. The van der Waals surface area contributed by atoms with E-state index in [1.54, 1.807) is 18.3 Å². The first-order valence-corrected chi connectivity index (χ1v) is 8.07. The van der Waals surface area contributed by atoms with Crippen LogP contribution in [0.4, 0.5) is 17.2 Å². The van der Waals surface area contributed by atoms with Crippen molar-refractivity contribution in [1.29, 1.82) is 0 Å². The molecule has 3 rings (SSSR count). The average molecular weight is 333 g/mol. The van der Waals surface area contributed by atoms with Crippen molar-refractivity contribution < 1.29 is 9.53 Å². The molecule has 5 nitrogen and oxygen atoms in total. The molecule has 1 aromatic heterocycles. The van der Waals surface area contributed by atoms with Gasteiger partial charge in [-0.05, 0) is 55.5 Å². The maximum absolute atomic E-state index is 12.1. The van der Waals surface area contributed by atoms with Crippen molar-refractivity contribution in [3.63, 3.8) is 0 Å². The van der Waals surface area contributed by atoms with E-state index < -0.39 is 0 Å². The highest BCUT2D eigenvalue weighted by atomic mass is 16.5. The van der Waals surface area contributed by atoms with Crippen LogP contribution in [-0.4, -0.2) is 17.5 Å². The Balaban J connectivity index is 1.61. The predicted molar refractivity (Wildman–Crippen MR) is 99.5 cm³/mol. The van der Waals surface area contributed by atoms with Crippen molar-refractivity contribution >= 4 is 23.1 Å². The topological polar surface area (TPSA) is 63.2 Å². The van der Waals surface area contributed by atoms with Gasteiger partial charge in [-0.25, -0.2) is 4.98 Å². The first-order chi connectivity index (χ1) is 12.2. The molecule has 0 aliphatic carbocycles. The van der Waals surface area contributed by atoms with E-state index in [0.29, 0.717) is 23.7 Å². The maximum Gasteiger partial charge on any atom is 0.255 e. The Hall–Kier alpha value is -3.34. The summed E-state index contributed by atoms with van der Waals surface area (Å²) in [7, 11) is 0. The molecule has 0 aliphatic heterocycles. The third kappa shape index (κ3) is 4.57. The Morgan fingerprint density at radius 3 is 2.32 bits per heavy atom. The van der Waals surface area contributed by atoms with E-state index in [0.717, 1.165) is 11.4 Å². The van der Waals surface area contributed by atoms with E-state index in [1.165, 1.54) is 0 Å². The molecule has 25 heavy (non-hydrogen) atoms. The number of amides is 1. The number of anilines is 3. The highest BCUT2D eigenvalue weighted by Crippen LogP contribution is 2.20. The molecule has 0 aliphatic rings. The number of nitrogens with zero attached hydrogens (tertiary/aromatic N) is 1. The largest absolute Gasteiger partial charge is 0.494 e. The lowest BCUT2D eigenvalue weighted by molar-refractivity contribution is 0.102. The van der Waals surface area contributed by atoms with Gasteiger partial charge in [-0.2, -0.15) is 0 Å². The molecule has 0 atom stereocenters. The van der Waals surface area contributed by atoms with Crippen LogP contribution in [0.2, 0.25) is 0 Å². The van der Waals surface area contributed by atoms with Gasteiger partial charge in [-0.1, -0.05) is 18.2 Å². The summed E-state index contributed by atoms with van der Waals surface area (Å²) in [6.07, 6.45) is 1.62. The fourth-order valence-electron chi connectivity index (χ4n) is 2.28. The van der Waals surface area contributed by atoms with Gasteiger partial charge in [0.15, 0.2) is 0 Å². The fraction of sp³-hybridized carbons (Fsp3) is 0.100. The van der Waals surface area contributed by atoms with Gasteiger partial charge in [0, 0.05) is 11.3 Å². The van der Waals surface area contributed by atoms with Crippen LogP contribution in [-0.2, 0) is 0 Å². The summed E-state index contributed by atoms with van der Waals surface area (Å²) in [5.74, 6) is 1.37. The summed E-state index contributed by atoms with van der Waals surface area (Å²) in [4.78, 5) is 16.4. The molecule has 0 saturated carbocycles. The lowest BCUT2D eigenvalue weighted by atomic mass is 10.2. The maximum atomic E-state index is 12.1. The van der Waals surface area contributed by atoms with E-state index >= 15 is 0 Å². The molecule has 5 heteroatoms. The van der Waals surface area contributed by atoms with Crippen LogP contribution in [0, 0.1) is 0 Å². The third-order valence-electron chi connectivity index (χ3n) is 3.50. The number of carbonyl (C=O) groups excluding carboxylic acids is 1. The number of carbonyl (C=O) groups is 1. The first-order valence-electron chi connectivity index (χ1n) is 8.07. The van der Waals surface area contributed by atoms with E-state index in [-0.39, 0.29) is 5.91 Å². The number of aromatic nitrogens is 1. The minimum atomic E-state index is -0.158. The Bertz CT molecular complexity index is 816. The molecule has 0 bridgehead atoms. The van der Waals surface area contributed by atoms with Gasteiger partial charge >= 0.3 is 0 Å². The number of ether oxygens (including phenoxy) is 1. The second-order valence-corrected chi connectivity index (χ2v) is 5.33. The summed E-state index contributed by atoms with van der Waals surface area (Å²) in [6.45, 7) is 2.60. The van der Waals surface area contributed by atoms with Crippen molar-refractivity contribution in [3.05, 3.63) is 78.5 Å². The number of benzene rings is 2. The molecule has 0 saturated heterocycles. The quantitative estimate of drug-likeness (QED) is 0.698. The molecule has 3 aromatic rings. The number of rotatable bonds is 6. The predicted octanol–water partition coefficient (Wildman–Crippen LogP) is 4.48. The summed E-state index contributed by atoms with van der Waals surface area (Å²) in [6, 6.07) is 20.4. The van der Waals surface area contributed by atoms with Gasteiger partial charge in [0.2, 0.25) is 0 Å². The lowest BCUT2D eigenvalue weighted by Gasteiger charge is -2.09. The molecular weight excluding hydrogens is 314 g/mol. The average Bonchev–Trinajstić information content (AvgIpc) is 2.66. The van der Waals surface area contributed by atoms with Gasteiger partial charge in [0.05, 0.1) is 18.5 Å². The second-order valence-electron chi connectivity index (χ2n) is 5.33. The van der Waals surface area contributed by atoms with Crippen LogP contribution in [0.25, 0.3) is 0 Å². The molecule has 2 N–H and O–H groups in total. The van der Waals surface area contributed by atoms with Crippen LogP contribution in [0.1, 0.15) is 17.3 Å². The SMILES string of the molecule is CCOc1ccc(Nc2ccc(NC(=O)c3ccccc3)cn2)cc1. The number of pyridine rings is 1. The van der Waals surface area contributed by atoms with Crippen molar-refractivity contribution in [1.82, 2.24) is 4.98 Å². The molecule has 0 spiro atoms. The Morgan fingerprint density at radius 1 is 0.960 bits per heavy atom. The zero-order valence-corrected chi connectivity index (χ0v) is 13.9. The van der Waals surface area contributed by atoms with Crippen LogP contribution in [0.15, 0.2) is 72.9 Å². The van der Waals surface area contributed by atoms with E-state index in [2.05, 4.69) is 15.6 Å². The summed E-state index contributed by atoms with van der Waals surface area (Å²) >= 11 is 0. The molecule has 0 fully saturated rings. The number of nitrogens with one attached hydrogen (secondary N) is 2. The third-order valence-corrected chi connectivity index (χ3v) is 3.50. The molecule has 2 aromatic carbocycles. The summed E-state index contributed by atoms with van der Waals surface area (Å²) in [5, 5.41) is 6.03. The normalized spacial score (nSPS) is 10.1. The van der Waals surface area contributed by atoms with Gasteiger partial charge in [0.25, 0.3) is 5.91 Å². The van der Waals surface area contributed by atoms with Crippen molar-refractivity contribution in [2.24, 2.45) is 0 Å². The van der Waals surface area contributed by atoms with Crippen LogP contribution in [0.3, 0.4) is 0 Å². The van der Waals surface area contributed by atoms with Crippen molar-refractivity contribution in [2.45, 2.75) is 6.92 Å². The first kappa shape index (κ1) is 16.5. The Morgan fingerprint density at radius 2 is 1.68 bits per heavy atom. The zero-order chi connectivity index (χ0) is 17.5. The van der Waals surface area contributed by atoms with E-state index in [4.69, 9.17) is 4.74 Å². The fourth-order valence-corrected chi connectivity index (χ4v) is 2.28. The number of hydrogen-bond donors (Lipinski definition) is 2. The minimum absolute atomic E-state index is 0.158. The molecule has 0 radical (unpaired) electrons. The summed E-state index contributed by atoms with van der Waals surface area (Å²) < 4.78 is 5.42. The second kappa shape index (κ2) is 7.97. The minimum Gasteiger partial charge on any atom is -0.494 e. The number of hydrogen-bond acceptors (Lipinski definition) is 4.